The van der Waals surface area contributed by atoms with E-state index in [1.54, 1.807) is 18.5 Å². The van der Waals surface area contributed by atoms with Gasteiger partial charge < -0.3 is 9.64 Å². The molecule has 0 aliphatic carbocycles. The number of hydrogen-bond donors (Lipinski definition) is 0. The van der Waals surface area contributed by atoms with Gasteiger partial charge in [-0.15, -0.1) is 0 Å². The van der Waals surface area contributed by atoms with Gasteiger partial charge >= 0.3 is 0 Å². The first-order valence-electron chi connectivity index (χ1n) is 9.32. The maximum absolute atomic E-state index is 12.9. The van der Waals surface area contributed by atoms with Crippen molar-refractivity contribution in [1.29, 1.82) is 0 Å². The van der Waals surface area contributed by atoms with E-state index in [2.05, 4.69) is 15.1 Å². The van der Waals surface area contributed by atoms with E-state index in [9.17, 15) is 4.79 Å². The molecule has 0 radical (unpaired) electrons. The molecule has 144 valence electrons. The predicted octanol–water partition coefficient (Wildman–Crippen LogP) is 2.60. The third kappa shape index (κ3) is 3.60. The number of amides is 1. The Morgan fingerprint density at radius 2 is 2.00 bits per heavy atom. The summed E-state index contributed by atoms with van der Waals surface area (Å²) in [5.41, 5.74) is 5.68. The largest absolute Gasteiger partial charge is 0.471 e. The molecular formula is C21H23N5O2. The summed E-state index contributed by atoms with van der Waals surface area (Å²) in [4.78, 5) is 23.2. The van der Waals surface area contributed by atoms with Gasteiger partial charge in [0.1, 0.15) is 12.3 Å². The molecule has 1 aliphatic rings. The summed E-state index contributed by atoms with van der Waals surface area (Å²) in [6.07, 6.45) is 4.18. The molecule has 4 heterocycles. The van der Waals surface area contributed by atoms with Crippen LogP contribution in [0.1, 0.15) is 38.6 Å². The van der Waals surface area contributed by atoms with Gasteiger partial charge in [-0.1, -0.05) is 0 Å². The van der Waals surface area contributed by atoms with E-state index in [1.165, 1.54) is 0 Å². The van der Waals surface area contributed by atoms with Crippen LogP contribution in [0.5, 0.6) is 5.88 Å². The molecule has 28 heavy (non-hydrogen) atoms. The van der Waals surface area contributed by atoms with Crippen molar-refractivity contribution in [2.24, 2.45) is 7.05 Å². The van der Waals surface area contributed by atoms with Crippen molar-refractivity contribution in [3.8, 4) is 5.88 Å². The topological polar surface area (TPSA) is 73.1 Å². The molecular weight excluding hydrogens is 354 g/mol. The number of ether oxygens (including phenoxy) is 1. The number of nitrogens with zero attached hydrogens (tertiary/aromatic N) is 5. The van der Waals surface area contributed by atoms with Gasteiger partial charge in [-0.2, -0.15) is 5.10 Å². The predicted molar refractivity (Wildman–Crippen MR) is 104 cm³/mol. The van der Waals surface area contributed by atoms with E-state index >= 15 is 0 Å². The lowest BCUT2D eigenvalue weighted by Crippen LogP contribution is -2.36. The van der Waals surface area contributed by atoms with Crippen molar-refractivity contribution >= 4 is 5.91 Å². The molecule has 4 rings (SSSR count). The summed E-state index contributed by atoms with van der Waals surface area (Å²) in [7, 11) is 1.94. The molecule has 1 aliphatic heterocycles. The van der Waals surface area contributed by atoms with Crippen LogP contribution in [0.3, 0.4) is 0 Å². The van der Waals surface area contributed by atoms with Crippen LogP contribution in [0.15, 0.2) is 36.7 Å². The van der Waals surface area contributed by atoms with Gasteiger partial charge in [-0.3, -0.25) is 14.5 Å². The van der Waals surface area contributed by atoms with Crippen LogP contribution in [0.25, 0.3) is 0 Å². The molecule has 0 bridgehead atoms. The lowest BCUT2D eigenvalue weighted by molar-refractivity contribution is 0.0732. The van der Waals surface area contributed by atoms with E-state index in [-0.39, 0.29) is 5.91 Å². The highest BCUT2D eigenvalue weighted by molar-refractivity contribution is 5.94. The van der Waals surface area contributed by atoms with Crippen LogP contribution < -0.4 is 4.74 Å². The maximum Gasteiger partial charge on any atom is 0.254 e. The Kier molecular flexibility index (Phi) is 4.81. The third-order valence-corrected chi connectivity index (χ3v) is 5.00. The minimum atomic E-state index is 0.0206. The smallest absolute Gasteiger partial charge is 0.254 e. The van der Waals surface area contributed by atoms with Crippen LogP contribution in [0, 0.1) is 13.8 Å². The number of rotatable bonds is 4. The molecule has 0 fully saturated rings. The number of fused-ring (bicyclic) bond motifs is 1. The van der Waals surface area contributed by atoms with Gasteiger partial charge in [0.05, 0.1) is 0 Å². The van der Waals surface area contributed by atoms with E-state index in [0.29, 0.717) is 31.1 Å². The third-order valence-electron chi connectivity index (χ3n) is 5.00. The van der Waals surface area contributed by atoms with Crippen molar-refractivity contribution in [3.05, 3.63) is 70.4 Å². The van der Waals surface area contributed by atoms with Crippen molar-refractivity contribution in [2.45, 2.75) is 33.4 Å². The van der Waals surface area contributed by atoms with Gasteiger partial charge in [0.15, 0.2) is 0 Å². The lowest BCUT2D eigenvalue weighted by atomic mass is 10.0. The van der Waals surface area contributed by atoms with Gasteiger partial charge in [-0.25, -0.2) is 4.98 Å². The minimum Gasteiger partial charge on any atom is -0.471 e. The normalized spacial score (nSPS) is 13.3. The molecule has 0 unspecified atom stereocenters. The summed E-state index contributed by atoms with van der Waals surface area (Å²) in [6, 6.07) is 7.42. The number of aromatic nitrogens is 4. The molecule has 7 heteroatoms. The lowest BCUT2D eigenvalue weighted by Gasteiger charge is -2.28. The number of carbonyl (C=O) groups excluding carboxylic acids is 1. The number of aryl methyl sites for hydroxylation is 3. The molecule has 3 aromatic rings. The SMILES string of the molecule is Cc1ccnc(OCc2nn(C)c3c2CN(C(=O)c2ccnc(C)c2)CC3)c1. The van der Waals surface area contributed by atoms with Crippen molar-refractivity contribution in [1.82, 2.24) is 24.6 Å². The first kappa shape index (κ1) is 18.2. The second kappa shape index (κ2) is 7.42. The molecule has 0 aromatic carbocycles. The fourth-order valence-electron chi connectivity index (χ4n) is 3.55. The average molecular weight is 377 g/mol. The van der Waals surface area contributed by atoms with Gasteiger partial charge in [0.25, 0.3) is 5.91 Å². The average Bonchev–Trinajstić information content (AvgIpc) is 3.01. The Balaban J connectivity index is 1.53. The van der Waals surface area contributed by atoms with E-state index in [0.717, 1.165) is 34.6 Å². The molecule has 3 aromatic heterocycles. The number of hydrogen-bond acceptors (Lipinski definition) is 5. The van der Waals surface area contributed by atoms with Crippen LogP contribution >= 0.6 is 0 Å². The zero-order chi connectivity index (χ0) is 19.7. The van der Waals surface area contributed by atoms with E-state index in [4.69, 9.17) is 4.74 Å². The summed E-state index contributed by atoms with van der Waals surface area (Å²) in [5.74, 6) is 0.600. The highest BCUT2D eigenvalue weighted by Crippen LogP contribution is 2.24. The first-order valence-corrected chi connectivity index (χ1v) is 9.32. The van der Waals surface area contributed by atoms with E-state index < -0.39 is 0 Å². The summed E-state index contributed by atoms with van der Waals surface area (Å²) in [5, 5.41) is 4.63. The fourth-order valence-corrected chi connectivity index (χ4v) is 3.55. The zero-order valence-corrected chi connectivity index (χ0v) is 16.3. The van der Waals surface area contributed by atoms with Crippen molar-refractivity contribution in [3.63, 3.8) is 0 Å². The molecule has 0 N–H and O–H groups in total. The monoisotopic (exact) mass is 377 g/mol. The molecule has 0 spiro atoms. The molecule has 1 amide bonds. The summed E-state index contributed by atoms with van der Waals surface area (Å²) >= 11 is 0. The second-order valence-corrected chi connectivity index (χ2v) is 7.12. The Labute approximate surface area is 164 Å². The Morgan fingerprint density at radius 3 is 2.79 bits per heavy atom. The summed E-state index contributed by atoms with van der Waals surface area (Å²) in [6.45, 7) is 5.42. The van der Waals surface area contributed by atoms with Gasteiger partial charge in [0, 0.05) is 67.5 Å². The first-order chi connectivity index (χ1) is 13.5. The Bertz CT molecular complexity index is 1030. The van der Waals surface area contributed by atoms with Gasteiger partial charge in [-0.05, 0) is 37.6 Å². The van der Waals surface area contributed by atoms with Crippen LogP contribution in [-0.2, 0) is 26.6 Å². The molecule has 0 saturated carbocycles. The molecule has 0 atom stereocenters. The van der Waals surface area contributed by atoms with Crippen molar-refractivity contribution < 1.29 is 9.53 Å². The Hall–Kier alpha value is -3.22. The van der Waals surface area contributed by atoms with Crippen LogP contribution in [0.4, 0.5) is 0 Å². The Morgan fingerprint density at radius 1 is 1.18 bits per heavy atom. The van der Waals surface area contributed by atoms with Crippen LogP contribution in [-0.4, -0.2) is 37.1 Å². The quantitative estimate of drug-likeness (QED) is 0.699. The van der Waals surface area contributed by atoms with Crippen molar-refractivity contribution in [2.75, 3.05) is 6.54 Å². The highest BCUT2D eigenvalue weighted by Gasteiger charge is 2.27. The number of carbonyl (C=O) groups is 1. The minimum absolute atomic E-state index is 0.0206. The molecule has 7 nitrogen and oxygen atoms in total. The molecule has 0 saturated heterocycles. The van der Waals surface area contributed by atoms with E-state index in [1.807, 2.05) is 48.7 Å². The second-order valence-electron chi connectivity index (χ2n) is 7.12. The number of pyridine rings is 2. The fraction of sp³-hybridized carbons (Fsp3) is 0.333. The van der Waals surface area contributed by atoms with Gasteiger partial charge in [0.2, 0.25) is 5.88 Å². The van der Waals surface area contributed by atoms with Crippen LogP contribution in [0.2, 0.25) is 0 Å². The maximum atomic E-state index is 12.9. The highest BCUT2D eigenvalue weighted by atomic mass is 16.5. The summed E-state index contributed by atoms with van der Waals surface area (Å²) < 4.78 is 7.75. The standard InChI is InChI=1S/C21H23N5O2/c1-14-4-7-23-20(10-14)28-13-18-17-12-26(9-6-19(17)25(3)24-18)21(27)16-5-8-22-15(2)11-16/h4-5,7-8,10-11H,6,9,12-13H2,1-3H3. The zero-order valence-electron chi connectivity index (χ0n) is 16.3.